The smallest absolute Gasteiger partial charge is 0.251 e. The summed E-state index contributed by atoms with van der Waals surface area (Å²) in [5.41, 5.74) is 0.721. The fourth-order valence-electron chi connectivity index (χ4n) is 1.77. The topological polar surface area (TPSA) is 49.0 Å². The molecule has 0 radical (unpaired) electrons. The lowest BCUT2D eigenvalue weighted by molar-refractivity contribution is 0.324. The number of hydrogen-bond donors (Lipinski definition) is 1. The largest absolute Gasteiger partial charge is 0.310 e. The summed E-state index contributed by atoms with van der Waals surface area (Å²) in [6, 6.07) is 1.52. The van der Waals surface area contributed by atoms with Gasteiger partial charge in [-0.2, -0.15) is 0 Å². The van der Waals surface area contributed by atoms with E-state index in [1.807, 2.05) is 18.7 Å². The van der Waals surface area contributed by atoms with E-state index in [1.54, 1.807) is 0 Å². The first-order valence-corrected chi connectivity index (χ1v) is 7.53. The minimum atomic E-state index is -0.0614. The minimum Gasteiger partial charge on any atom is -0.310 e. The van der Waals surface area contributed by atoms with Crippen LogP contribution in [0.3, 0.4) is 0 Å². The Hall–Kier alpha value is -0.810. The van der Waals surface area contributed by atoms with Gasteiger partial charge in [0.1, 0.15) is 5.82 Å². The second-order valence-electron chi connectivity index (χ2n) is 4.31. The summed E-state index contributed by atoms with van der Waals surface area (Å²) >= 11 is 1.83. The van der Waals surface area contributed by atoms with Gasteiger partial charge in [-0.25, -0.2) is 4.98 Å². The molecule has 1 N–H and O–H groups in total. The van der Waals surface area contributed by atoms with Gasteiger partial charge in [-0.15, -0.1) is 11.8 Å². The van der Waals surface area contributed by atoms with Crippen LogP contribution in [0.4, 0.5) is 0 Å². The molecule has 0 fully saturated rings. The van der Waals surface area contributed by atoms with Gasteiger partial charge in [-0.1, -0.05) is 13.8 Å². The number of nitrogens with one attached hydrogen (secondary N) is 1. The Bertz CT molecular complexity index is 415. The summed E-state index contributed by atoms with van der Waals surface area (Å²) in [6.07, 6.45) is 0. The molecule has 1 aromatic heterocycles. The third-order valence-corrected chi connectivity index (χ3v) is 4.08. The highest BCUT2D eigenvalue weighted by molar-refractivity contribution is 7.99. The normalized spacial score (nSPS) is 12.9. The molecule has 4 nitrogen and oxygen atoms in total. The number of thioether (sulfide) groups is 1. The van der Waals surface area contributed by atoms with Crippen LogP contribution < -0.4 is 5.56 Å². The molecule has 0 spiro atoms. The third-order valence-electron chi connectivity index (χ3n) is 2.94. The molecule has 102 valence electrons. The zero-order chi connectivity index (χ0) is 13.5. The Morgan fingerprint density at radius 3 is 2.67 bits per heavy atom. The van der Waals surface area contributed by atoms with Gasteiger partial charge in [0.05, 0.1) is 5.25 Å². The molecule has 0 aliphatic heterocycles. The van der Waals surface area contributed by atoms with E-state index in [1.165, 1.54) is 6.07 Å². The molecule has 0 bridgehead atoms. The number of aromatic nitrogens is 2. The summed E-state index contributed by atoms with van der Waals surface area (Å²) in [5.74, 6) is 1.84. The molecule has 1 heterocycles. The number of hydrogen-bond acceptors (Lipinski definition) is 4. The Labute approximate surface area is 113 Å². The van der Waals surface area contributed by atoms with Gasteiger partial charge in [0.25, 0.3) is 5.56 Å². The highest BCUT2D eigenvalue weighted by atomic mass is 32.2. The first-order valence-electron chi connectivity index (χ1n) is 6.48. The molecule has 1 aromatic rings. The number of aromatic amines is 1. The van der Waals surface area contributed by atoms with Crippen molar-refractivity contribution in [2.45, 2.75) is 32.9 Å². The maximum absolute atomic E-state index is 11.4. The summed E-state index contributed by atoms with van der Waals surface area (Å²) in [7, 11) is 0. The molecule has 1 atom stereocenters. The molecular formula is C13H23N3OS. The number of H-pyrrole nitrogens is 1. The minimum absolute atomic E-state index is 0.0614. The zero-order valence-electron chi connectivity index (χ0n) is 11.7. The van der Waals surface area contributed by atoms with Crippen LogP contribution in [0, 0.1) is 6.92 Å². The van der Waals surface area contributed by atoms with E-state index in [-0.39, 0.29) is 10.8 Å². The lowest BCUT2D eigenvalue weighted by atomic mass is 10.4. The fourth-order valence-corrected chi connectivity index (χ4v) is 2.76. The van der Waals surface area contributed by atoms with Crippen molar-refractivity contribution in [1.82, 2.24) is 14.9 Å². The second kappa shape index (κ2) is 7.59. The predicted octanol–water partition coefficient (Wildman–Crippen LogP) is 2.21. The van der Waals surface area contributed by atoms with Crippen molar-refractivity contribution in [3.63, 3.8) is 0 Å². The number of rotatable bonds is 7. The highest BCUT2D eigenvalue weighted by Crippen LogP contribution is 2.24. The van der Waals surface area contributed by atoms with Crippen LogP contribution in [-0.4, -0.2) is 40.3 Å². The van der Waals surface area contributed by atoms with Crippen molar-refractivity contribution in [3.8, 4) is 0 Å². The van der Waals surface area contributed by atoms with Crippen molar-refractivity contribution in [3.05, 3.63) is 27.9 Å². The SMILES string of the molecule is CCN(CC)CCSC(C)c1nc(C)cc(=O)[nH]1. The molecule has 1 unspecified atom stereocenters. The molecule has 0 saturated carbocycles. The van der Waals surface area contributed by atoms with Crippen molar-refractivity contribution in [2.75, 3.05) is 25.4 Å². The average molecular weight is 269 g/mol. The Morgan fingerprint density at radius 2 is 2.11 bits per heavy atom. The summed E-state index contributed by atoms with van der Waals surface area (Å²) < 4.78 is 0. The van der Waals surface area contributed by atoms with Crippen molar-refractivity contribution >= 4 is 11.8 Å². The van der Waals surface area contributed by atoms with Crippen molar-refractivity contribution in [1.29, 1.82) is 0 Å². The monoisotopic (exact) mass is 269 g/mol. The summed E-state index contributed by atoms with van der Waals surface area (Å²) in [5, 5.41) is 0.230. The van der Waals surface area contributed by atoms with Crippen LogP contribution in [0.1, 0.15) is 37.5 Å². The van der Waals surface area contributed by atoms with Crippen LogP contribution in [0.2, 0.25) is 0 Å². The molecular weight excluding hydrogens is 246 g/mol. The number of aryl methyl sites for hydroxylation is 1. The van der Waals surface area contributed by atoms with E-state index in [2.05, 4.69) is 35.6 Å². The van der Waals surface area contributed by atoms with Gasteiger partial charge < -0.3 is 9.88 Å². The van der Waals surface area contributed by atoms with E-state index in [0.717, 1.165) is 36.9 Å². The molecule has 1 rings (SSSR count). The molecule has 5 heteroatoms. The standard InChI is InChI=1S/C13H23N3OS/c1-5-16(6-2)7-8-18-11(4)13-14-10(3)9-12(17)15-13/h9,11H,5-8H2,1-4H3,(H,14,15,17). The van der Waals surface area contributed by atoms with Gasteiger partial charge in [0.15, 0.2) is 0 Å². The second-order valence-corrected chi connectivity index (χ2v) is 5.76. The predicted molar refractivity (Wildman–Crippen MR) is 78.3 cm³/mol. The Balaban J connectivity index is 2.50. The fraction of sp³-hybridized carbons (Fsp3) is 0.692. The van der Waals surface area contributed by atoms with Crippen molar-refractivity contribution < 1.29 is 0 Å². The lowest BCUT2D eigenvalue weighted by Gasteiger charge is -2.18. The third kappa shape index (κ3) is 4.82. The van der Waals surface area contributed by atoms with Crippen LogP contribution in [0.15, 0.2) is 10.9 Å². The van der Waals surface area contributed by atoms with Gasteiger partial charge in [-0.3, -0.25) is 4.79 Å². The van der Waals surface area contributed by atoms with Gasteiger partial charge in [0.2, 0.25) is 0 Å². The lowest BCUT2D eigenvalue weighted by Crippen LogP contribution is -2.25. The summed E-state index contributed by atoms with van der Waals surface area (Å²) in [6.45, 7) is 11.6. The van der Waals surface area contributed by atoms with E-state index >= 15 is 0 Å². The highest BCUT2D eigenvalue weighted by Gasteiger charge is 2.10. The Morgan fingerprint density at radius 1 is 1.44 bits per heavy atom. The molecule has 0 aliphatic rings. The maximum Gasteiger partial charge on any atom is 0.251 e. The maximum atomic E-state index is 11.4. The number of nitrogens with zero attached hydrogens (tertiary/aromatic N) is 2. The van der Waals surface area contributed by atoms with Crippen LogP contribution >= 0.6 is 11.8 Å². The molecule has 0 aromatic carbocycles. The van der Waals surface area contributed by atoms with Crippen LogP contribution in [0.5, 0.6) is 0 Å². The van der Waals surface area contributed by atoms with Crippen LogP contribution in [-0.2, 0) is 0 Å². The van der Waals surface area contributed by atoms with Crippen LogP contribution in [0.25, 0.3) is 0 Å². The van der Waals surface area contributed by atoms with E-state index in [4.69, 9.17) is 0 Å². The van der Waals surface area contributed by atoms with Gasteiger partial charge in [0, 0.05) is 24.1 Å². The summed E-state index contributed by atoms with van der Waals surface area (Å²) in [4.78, 5) is 21.0. The first-order chi connectivity index (χ1) is 8.56. The molecule has 0 saturated heterocycles. The van der Waals surface area contributed by atoms with Gasteiger partial charge >= 0.3 is 0 Å². The van der Waals surface area contributed by atoms with E-state index < -0.39 is 0 Å². The average Bonchev–Trinajstić information content (AvgIpc) is 2.33. The zero-order valence-corrected chi connectivity index (χ0v) is 12.5. The molecule has 18 heavy (non-hydrogen) atoms. The van der Waals surface area contributed by atoms with Gasteiger partial charge in [-0.05, 0) is 26.9 Å². The Kier molecular flexibility index (Phi) is 6.43. The van der Waals surface area contributed by atoms with E-state index in [0.29, 0.717) is 0 Å². The molecule has 0 aliphatic carbocycles. The van der Waals surface area contributed by atoms with Crippen molar-refractivity contribution in [2.24, 2.45) is 0 Å². The first kappa shape index (κ1) is 15.2. The quantitative estimate of drug-likeness (QED) is 0.824. The van der Waals surface area contributed by atoms with E-state index in [9.17, 15) is 4.79 Å². The molecule has 0 amide bonds.